The minimum atomic E-state index is 0.819. The molecule has 0 aliphatic heterocycles. The summed E-state index contributed by atoms with van der Waals surface area (Å²) in [5.41, 5.74) is 0. The predicted molar refractivity (Wildman–Crippen MR) is 79.7 cm³/mol. The van der Waals surface area contributed by atoms with E-state index in [-0.39, 0.29) is 0 Å². The van der Waals surface area contributed by atoms with E-state index in [0.717, 1.165) is 29.7 Å². The van der Waals surface area contributed by atoms with E-state index in [4.69, 9.17) is 0 Å². The van der Waals surface area contributed by atoms with Gasteiger partial charge in [0.15, 0.2) is 0 Å². The van der Waals surface area contributed by atoms with Gasteiger partial charge in [-0.25, -0.2) is 0 Å². The van der Waals surface area contributed by atoms with Crippen LogP contribution in [-0.4, -0.2) is 13.1 Å². The molecule has 0 aromatic rings. The van der Waals surface area contributed by atoms with Crippen LogP contribution in [0.25, 0.3) is 0 Å². The van der Waals surface area contributed by atoms with Gasteiger partial charge in [-0.1, -0.05) is 46.0 Å². The minimum absolute atomic E-state index is 0.819. The summed E-state index contributed by atoms with van der Waals surface area (Å²) >= 11 is 0. The van der Waals surface area contributed by atoms with Gasteiger partial charge in [-0.3, -0.25) is 0 Å². The molecule has 0 radical (unpaired) electrons. The lowest BCUT2D eigenvalue weighted by molar-refractivity contribution is 0.180. The molecule has 3 atom stereocenters. The van der Waals surface area contributed by atoms with Gasteiger partial charge in [0.2, 0.25) is 0 Å². The lowest BCUT2D eigenvalue weighted by Gasteiger charge is -2.36. The van der Waals surface area contributed by atoms with Crippen LogP contribution in [0.5, 0.6) is 0 Å². The van der Waals surface area contributed by atoms with E-state index < -0.39 is 0 Å². The predicted octanol–water partition coefficient (Wildman–Crippen LogP) is 4.62. The molecule has 0 heterocycles. The fourth-order valence-corrected chi connectivity index (χ4v) is 4.62. The Labute approximate surface area is 114 Å². The Morgan fingerprint density at radius 3 is 1.89 bits per heavy atom. The first kappa shape index (κ1) is 14.4. The smallest absolute Gasteiger partial charge is 0.0121 e. The van der Waals surface area contributed by atoms with E-state index in [1.165, 1.54) is 57.8 Å². The van der Waals surface area contributed by atoms with Crippen LogP contribution in [-0.2, 0) is 0 Å². The lowest BCUT2D eigenvalue weighted by atomic mass is 9.74. The Kier molecular flexibility index (Phi) is 5.54. The average Bonchev–Trinajstić information content (AvgIpc) is 2.89. The van der Waals surface area contributed by atoms with Crippen molar-refractivity contribution < 1.29 is 0 Å². The number of rotatable bonds is 5. The van der Waals surface area contributed by atoms with E-state index in [0.29, 0.717) is 0 Å². The molecule has 0 saturated heterocycles. The molecule has 0 aromatic heterocycles. The monoisotopic (exact) mass is 251 g/mol. The van der Waals surface area contributed by atoms with Crippen molar-refractivity contribution >= 4 is 0 Å². The zero-order chi connectivity index (χ0) is 13.0. The zero-order valence-electron chi connectivity index (χ0n) is 12.8. The van der Waals surface area contributed by atoms with Crippen LogP contribution < -0.4 is 5.32 Å². The maximum Gasteiger partial charge on any atom is 0.0121 e. The molecule has 2 fully saturated rings. The average molecular weight is 251 g/mol. The van der Waals surface area contributed by atoms with Gasteiger partial charge < -0.3 is 5.32 Å². The molecule has 2 rings (SSSR count). The van der Waals surface area contributed by atoms with Gasteiger partial charge in [0.1, 0.15) is 0 Å². The van der Waals surface area contributed by atoms with Crippen LogP contribution in [0.15, 0.2) is 0 Å². The van der Waals surface area contributed by atoms with Crippen molar-refractivity contribution in [2.75, 3.05) is 7.05 Å². The summed E-state index contributed by atoms with van der Waals surface area (Å²) in [6.07, 6.45) is 13.2. The van der Waals surface area contributed by atoms with Crippen LogP contribution in [0.2, 0.25) is 0 Å². The van der Waals surface area contributed by atoms with Gasteiger partial charge in [0, 0.05) is 6.04 Å². The molecule has 2 saturated carbocycles. The molecule has 0 amide bonds. The summed E-state index contributed by atoms with van der Waals surface area (Å²) in [4.78, 5) is 0. The molecule has 18 heavy (non-hydrogen) atoms. The maximum absolute atomic E-state index is 3.69. The van der Waals surface area contributed by atoms with Crippen LogP contribution in [0.1, 0.15) is 71.6 Å². The SMILES string of the molecule is CCC1CCC(C(NC)C2CCC(CC)C2)CC1. The molecule has 2 aliphatic carbocycles. The Morgan fingerprint density at radius 1 is 0.833 bits per heavy atom. The molecular weight excluding hydrogens is 218 g/mol. The topological polar surface area (TPSA) is 12.0 Å². The van der Waals surface area contributed by atoms with Crippen molar-refractivity contribution in [1.82, 2.24) is 5.32 Å². The summed E-state index contributed by atoms with van der Waals surface area (Å²) in [6, 6.07) is 0.819. The first-order valence-corrected chi connectivity index (χ1v) is 8.45. The molecule has 1 nitrogen and oxygen atoms in total. The second-order valence-corrected chi connectivity index (χ2v) is 6.85. The summed E-state index contributed by atoms with van der Waals surface area (Å²) < 4.78 is 0. The highest BCUT2D eigenvalue weighted by atomic mass is 14.9. The van der Waals surface area contributed by atoms with Gasteiger partial charge in [-0.2, -0.15) is 0 Å². The quantitative estimate of drug-likeness (QED) is 0.752. The molecule has 1 heteroatoms. The van der Waals surface area contributed by atoms with Crippen molar-refractivity contribution in [3.05, 3.63) is 0 Å². The Morgan fingerprint density at radius 2 is 1.39 bits per heavy atom. The van der Waals surface area contributed by atoms with Gasteiger partial charge in [-0.15, -0.1) is 0 Å². The summed E-state index contributed by atoms with van der Waals surface area (Å²) in [6.45, 7) is 4.73. The summed E-state index contributed by atoms with van der Waals surface area (Å²) in [7, 11) is 2.20. The van der Waals surface area contributed by atoms with Crippen LogP contribution in [0.4, 0.5) is 0 Å². The van der Waals surface area contributed by atoms with Crippen molar-refractivity contribution in [2.24, 2.45) is 23.7 Å². The normalized spacial score (nSPS) is 38.8. The third kappa shape index (κ3) is 3.29. The minimum Gasteiger partial charge on any atom is -0.316 e. The van der Waals surface area contributed by atoms with Gasteiger partial charge in [-0.05, 0) is 56.4 Å². The van der Waals surface area contributed by atoms with Crippen LogP contribution in [0, 0.1) is 23.7 Å². The first-order chi connectivity index (χ1) is 8.78. The van der Waals surface area contributed by atoms with E-state index in [1.807, 2.05) is 0 Å². The van der Waals surface area contributed by atoms with E-state index >= 15 is 0 Å². The molecule has 0 spiro atoms. The standard InChI is InChI=1S/C17H33N/c1-4-13-6-9-15(10-7-13)17(18-3)16-11-8-14(5-2)12-16/h13-18H,4-12H2,1-3H3. The highest BCUT2D eigenvalue weighted by Gasteiger charge is 2.35. The molecule has 0 aromatic carbocycles. The number of nitrogens with one attached hydrogen (secondary N) is 1. The third-order valence-corrected chi connectivity index (χ3v) is 5.98. The zero-order valence-corrected chi connectivity index (χ0v) is 12.8. The lowest BCUT2D eigenvalue weighted by Crippen LogP contribution is -2.41. The van der Waals surface area contributed by atoms with E-state index in [2.05, 4.69) is 26.2 Å². The van der Waals surface area contributed by atoms with Gasteiger partial charge in [0.25, 0.3) is 0 Å². The Balaban J connectivity index is 1.85. The van der Waals surface area contributed by atoms with Gasteiger partial charge in [0.05, 0.1) is 0 Å². The molecule has 2 aliphatic rings. The Hall–Kier alpha value is -0.0400. The van der Waals surface area contributed by atoms with Crippen LogP contribution in [0.3, 0.4) is 0 Å². The molecule has 1 N–H and O–H groups in total. The number of hydrogen-bond acceptors (Lipinski definition) is 1. The molecule has 106 valence electrons. The fraction of sp³-hybridized carbons (Fsp3) is 1.00. The maximum atomic E-state index is 3.69. The molecule has 0 bridgehead atoms. The van der Waals surface area contributed by atoms with Crippen molar-refractivity contribution in [3.63, 3.8) is 0 Å². The highest BCUT2D eigenvalue weighted by Crippen LogP contribution is 2.41. The largest absolute Gasteiger partial charge is 0.316 e. The highest BCUT2D eigenvalue weighted by molar-refractivity contribution is 4.89. The van der Waals surface area contributed by atoms with Crippen LogP contribution >= 0.6 is 0 Å². The van der Waals surface area contributed by atoms with E-state index in [9.17, 15) is 0 Å². The van der Waals surface area contributed by atoms with Crippen molar-refractivity contribution in [1.29, 1.82) is 0 Å². The summed E-state index contributed by atoms with van der Waals surface area (Å²) in [5.74, 6) is 4.00. The first-order valence-electron chi connectivity index (χ1n) is 8.45. The molecular formula is C17H33N. The van der Waals surface area contributed by atoms with Crippen molar-refractivity contribution in [2.45, 2.75) is 77.7 Å². The summed E-state index contributed by atoms with van der Waals surface area (Å²) in [5, 5.41) is 3.69. The second kappa shape index (κ2) is 6.93. The van der Waals surface area contributed by atoms with E-state index in [1.54, 1.807) is 0 Å². The Bertz CT molecular complexity index is 230. The second-order valence-electron chi connectivity index (χ2n) is 6.85. The number of hydrogen-bond donors (Lipinski definition) is 1. The van der Waals surface area contributed by atoms with Crippen molar-refractivity contribution in [3.8, 4) is 0 Å². The molecule has 3 unspecified atom stereocenters. The van der Waals surface area contributed by atoms with Gasteiger partial charge >= 0.3 is 0 Å². The fourth-order valence-electron chi connectivity index (χ4n) is 4.62. The third-order valence-electron chi connectivity index (χ3n) is 5.98.